The van der Waals surface area contributed by atoms with E-state index in [4.69, 9.17) is 4.42 Å². The number of hydrogen-bond acceptors (Lipinski definition) is 3. The van der Waals surface area contributed by atoms with E-state index >= 15 is 0 Å². The van der Waals surface area contributed by atoms with Crippen LogP contribution in [0.1, 0.15) is 50.7 Å². The van der Waals surface area contributed by atoms with Gasteiger partial charge in [0, 0.05) is 48.6 Å². The Morgan fingerprint density at radius 2 is 1.45 bits per heavy atom. The van der Waals surface area contributed by atoms with Gasteiger partial charge in [-0.25, -0.2) is 0 Å². The van der Waals surface area contributed by atoms with E-state index in [9.17, 15) is 0 Å². The number of rotatable bonds is 5. The molecule has 0 saturated heterocycles. The SMILES string of the molecule is CC(C)c1cccc(C(C)C)c1-c1c[nH][c-][n+]1-c1[c-]cccc1.CN1[CH-]N(c2[c-]ccc3c2oc2ccccc23)c2ccccc21.[Ir]. The summed E-state index contributed by atoms with van der Waals surface area (Å²) in [5.41, 5.74) is 11.2. The molecule has 7 aromatic rings. The van der Waals surface area contributed by atoms with E-state index in [-0.39, 0.29) is 20.1 Å². The Kier molecular flexibility index (Phi) is 9.35. The Morgan fingerprint density at radius 1 is 0.745 bits per heavy atom. The second-order valence-corrected chi connectivity index (χ2v) is 12.2. The molecule has 1 aliphatic rings. The molecule has 0 unspecified atom stereocenters. The quantitative estimate of drug-likeness (QED) is 0.139. The number of H-pyrrole nitrogens is 1. The summed E-state index contributed by atoms with van der Waals surface area (Å²) in [4.78, 5) is 7.40. The first kappa shape index (κ1) is 32.3. The summed E-state index contributed by atoms with van der Waals surface area (Å²) in [6, 6.07) is 41.8. The van der Waals surface area contributed by atoms with Gasteiger partial charge in [-0.3, -0.25) is 0 Å². The van der Waals surface area contributed by atoms with Crippen LogP contribution in [0, 0.1) is 25.1 Å². The molecule has 47 heavy (non-hydrogen) atoms. The number of para-hydroxylation sites is 4. The van der Waals surface area contributed by atoms with Crippen LogP contribution in [-0.2, 0) is 20.1 Å². The number of nitrogens with one attached hydrogen (secondary N) is 1. The van der Waals surface area contributed by atoms with E-state index in [0.717, 1.165) is 44.7 Å². The average Bonchev–Trinajstić information content (AvgIpc) is 3.81. The maximum Gasteiger partial charge on any atom is 0.239 e. The molecule has 0 fully saturated rings. The van der Waals surface area contributed by atoms with Crippen molar-refractivity contribution in [3.63, 3.8) is 0 Å². The van der Waals surface area contributed by atoms with Gasteiger partial charge >= 0.3 is 0 Å². The minimum Gasteiger partial charge on any atom is -0.514 e. The Bertz CT molecular complexity index is 2100. The fourth-order valence-corrected chi connectivity index (χ4v) is 6.33. The summed E-state index contributed by atoms with van der Waals surface area (Å²) in [7, 11) is 2.05. The Hall–Kier alpha value is -4.64. The van der Waals surface area contributed by atoms with Crippen molar-refractivity contribution in [2.75, 3.05) is 16.8 Å². The largest absolute Gasteiger partial charge is 0.514 e. The first-order chi connectivity index (χ1) is 22.4. The van der Waals surface area contributed by atoms with Gasteiger partial charge < -0.3 is 23.8 Å². The fourth-order valence-electron chi connectivity index (χ4n) is 6.33. The smallest absolute Gasteiger partial charge is 0.239 e. The third kappa shape index (κ3) is 6.00. The van der Waals surface area contributed by atoms with Crippen molar-refractivity contribution < 1.29 is 29.1 Å². The minimum atomic E-state index is 0. The predicted molar refractivity (Wildman–Crippen MR) is 187 cm³/mol. The molecule has 0 aliphatic carbocycles. The molecular formula is C41H37IrN4O-3. The van der Waals surface area contributed by atoms with E-state index in [2.05, 4.69) is 140 Å². The van der Waals surface area contributed by atoms with Gasteiger partial charge in [0.1, 0.15) is 5.58 Å². The normalized spacial score (nSPS) is 12.4. The van der Waals surface area contributed by atoms with Gasteiger partial charge in [0.2, 0.25) is 6.33 Å². The number of benzene rings is 5. The third-order valence-corrected chi connectivity index (χ3v) is 8.56. The van der Waals surface area contributed by atoms with Gasteiger partial charge in [-0.05, 0) is 53.8 Å². The van der Waals surface area contributed by atoms with Gasteiger partial charge in [0.15, 0.2) is 0 Å². The molecular weight excluding hydrogens is 757 g/mol. The zero-order valence-corrected chi connectivity index (χ0v) is 29.6. The van der Waals surface area contributed by atoms with Crippen molar-refractivity contribution in [3.05, 3.63) is 146 Å². The predicted octanol–water partition coefficient (Wildman–Crippen LogP) is 9.90. The molecule has 2 aromatic heterocycles. The van der Waals surface area contributed by atoms with E-state index < -0.39 is 0 Å². The number of imidazole rings is 1. The number of hydrogen-bond donors (Lipinski definition) is 1. The monoisotopic (exact) mass is 794 g/mol. The molecule has 1 aliphatic heterocycles. The maximum atomic E-state index is 6.13. The van der Waals surface area contributed by atoms with Crippen molar-refractivity contribution in [1.82, 2.24) is 4.98 Å². The zero-order valence-electron chi connectivity index (χ0n) is 27.2. The number of aromatic amines is 1. The van der Waals surface area contributed by atoms with Crippen molar-refractivity contribution in [2.45, 2.75) is 39.5 Å². The van der Waals surface area contributed by atoms with Gasteiger partial charge in [-0.15, -0.1) is 0 Å². The minimum absolute atomic E-state index is 0. The number of fused-ring (bicyclic) bond motifs is 4. The summed E-state index contributed by atoms with van der Waals surface area (Å²) in [6.45, 7) is 11.1. The number of aromatic nitrogens is 2. The first-order valence-electron chi connectivity index (χ1n) is 15.8. The molecule has 6 heteroatoms. The summed E-state index contributed by atoms with van der Waals surface area (Å²) in [5, 5.41) is 2.26. The maximum absolute atomic E-state index is 6.13. The van der Waals surface area contributed by atoms with Crippen LogP contribution < -0.4 is 14.4 Å². The summed E-state index contributed by atoms with van der Waals surface area (Å²) in [5.74, 6) is 0.929. The molecule has 8 rings (SSSR count). The van der Waals surface area contributed by atoms with Crippen LogP contribution in [0.15, 0.2) is 114 Å². The molecule has 0 amide bonds. The van der Waals surface area contributed by atoms with Crippen LogP contribution in [0.3, 0.4) is 0 Å². The van der Waals surface area contributed by atoms with Gasteiger partial charge in [0.05, 0.1) is 5.69 Å². The topological polar surface area (TPSA) is 39.3 Å². The molecule has 0 bridgehead atoms. The molecule has 1 radical (unpaired) electrons. The third-order valence-electron chi connectivity index (χ3n) is 8.56. The second-order valence-electron chi connectivity index (χ2n) is 12.2. The molecule has 0 saturated carbocycles. The van der Waals surface area contributed by atoms with E-state index in [1.807, 2.05) is 48.7 Å². The van der Waals surface area contributed by atoms with Crippen LogP contribution in [0.5, 0.6) is 0 Å². The number of nitrogens with zero attached hydrogens (tertiary/aromatic N) is 3. The first-order valence-corrected chi connectivity index (χ1v) is 15.8. The number of anilines is 3. The summed E-state index contributed by atoms with van der Waals surface area (Å²) in [6.07, 6.45) is 5.25. The molecule has 3 heterocycles. The molecule has 0 atom stereocenters. The van der Waals surface area contributed by atoms with Crippen molar-refractivity contribution in [2.24, 2.45) is 0 Å². The van der Waals surface area contributed by atoms with Gasteiger partial charge in [-0.1, -0.05) is 93.0 Å². The van der Waals surface area contributed by atoms with E-state index in [0.29, 0.717) is 11.8 Å². The van der Waals surface area contributed by atoms with E-state index in [1.54, 1.807) is 0 Å². The van der Waals surface area contributed by atoms with Crippen LogP contribution in [0.4, 0.5) is 17.1 Å². The standard InChI is InChI=1S/C21H23N2.C20H14N2O.Ir/c1-15(2)18-11-8-12-19(16(3)4)21(18)20-13-22-14-23(20)17-9-6-5-7-10-17;1-21-13-22(17-10-4-3-9-16(17)21)18-11-6-8-15-14-7-2-5-12-19(14)23-20(15)18;/h5-9,11-13,15-16,22H,1-4H3;2-10,12-13H,1H3;/q-1;-2;. The summed E-state index contributed by atoms with van der Waals surface area (Å²) < 4.78 is 8.20. The van der Waals surface area contributed by atoms with Crippen molar-refractivity contribution in [3.8, 4) is 16.9 Å². The Morgan fingerprint density at radius 3 is 2.17 bits per heavy atom. The molecule has 239 valence electrons. The molecule has 5 aromatic carbocycles. The summed E-state index contributed by atoms with van der Waals surface area (Å²) >= 11 is 0. The number of furan rings is 1. The molecule has 1 N–H and O–H groups in total. The van der Waals surface area contributed by atoms with Crippen molar-refractivity contribution >= 4 is 39.0 Å². The Labute approximate surface area is 290 Å². The zero-order chi connectivity index (χ0) is 31.8. The van der Waals surface area contributed by atoms with Crippen LogP contribution in [0.2, 0.25) is 0 Å². The van der Waals surface area contributed by atoms with E-state index in [1.165, 1.54) is 22.4 Å². The fraction of sp³-hybridized carbons (Fsp3) is 0.171. The molecule has 0 spiro atoms. The average molecular weight is 794 g/mol. The van der Waals surface area contributed by atoms with Crippen molar-refractivity contribution in [1.29, 1.82) is 0 Å². The van der Waals surface area contributed by atoms with Crippen LogP contribution in [0.25, 0.3) is 38.9 Å². The molecule has 5 nitrogen and oxygen atoms in total. The van der Waals surface area contributed by atoms with Gasteiger partial charge in [-0.2, -0.15) is 55.2 Å². The van der Waals surface area contributed by atoms with Crippen LogP contribution in [-0.4, -0.2) is 12.0 Å². The Balaban J connectivity index is 0.000000161. The second kappa shape index (κ2) is 13.6. The van der Waals surface area contributed by atoms with Crippen LogP contribution >= 0.6 is 0 Å². The van der Waals surface area contributed by atoms with Gasteiger partial charge in [0.25, 0.3) is 0 Å².